The molecular weight excluding hydrogens is 302 g/mol. The Morgan fingerprint density at radius 2 is 2.50 bits per heavy atom. The quantitative estimate of drug-likeness (QED) is 0.872. The SMILES string of the molecule is O=C(O)CSc1nc2cc(Cl)cnc2n1C1CCOC1. The van der Waals surface area contributed by atoms with E-state index < -0.39 is 5.97 Å². The largest absolute Gasteiger partial charge is 0.481 e. The van der Waals surface area contributed by atoms with E-state index in [-0.39, 0.29) is 11.8 Å². The second-order valence-corrected chi connectivity index (χ2v) is 5.84. The Hall–Kier alpha value is -1.31. The number of hydrogen-bond donors (Lipinski definition) is 1. The van der Waals surface area contributed by atoms with Gasteiger partial charge in [0, 0.05) is 12.8 Å². The highest BCUT2D eigenvalue weighted by Crippen LogP contribution is 2.31. The minimum absolute atomic E-state index is 0.0371. The van der Waals surface area contributed by atoms with Gasteiger partial charge in [-0.25, -0.2) is 9.97 Å². The molecule has 0 amide bonds. The number of carbonyl (C=O) groups is 1. The van der Waals surface area contributed by atoms with Crippen LogP contribution < -0.4 is 0 Å². The number of halogens is 1. The summed E-state index contributed by atoms with van der Waals surface area (Å²) < 4.78 is 7.37. The number of rotatable bonds is 4. The number of carboxylic acids is 1. The summed E-state index contributed by atoms with van der Waals surface area (Å²) in [6.07, 6.45) is 2.44. The Bertz CT molecular complexity index is 655. The number of hydrogen-bond acceptors (Lipinski definition) is 5. The van der Waals surface area contributed by atoms with Crippen LogP contribution >= 0.6 is 23.4 Å². The molecule has 0 radical (unpaired) electrons. The Kier molecular flexibility index (Phi) is 3.82. The van der Waals surface area contributed by atoms with E-state index in [0.717, 1.165) is 12.1 Å². The van der Waals surface area contributed by atoms with Crippen LogP contribution in [0.2, 0.25) is 5.02 Å². The van der Waals surface area contributed by atoms with Crippen molar-refractivity contribution in [3.63, 3.8) is 0 Å². The Labute approximate surface area is 124 Å². The number of nitrogens with zero attached hydrogens (tertiary/aromatic N) is 3. The van der Waals surface area contributed by atoms with Crippen LogP contribution in [0.5, 0.6) is 0 Å². The summed E-state index contributed by atoms with van der Waals surface area (Å²) in [7, 11) is 0. The van der Waals surface area contributed by atoms with Crippen LogP contribution in [0.4, 0.5) is 0 Å². The molecule has 8 heteroatoms. The van der Waals surface area contributed by atoms with E-state index >= 15 is 0 Å². The van der Waals surface area contributed by atoms with Crippen molar-refractivity contribution in [3.05, 3.63) is 17.3 Å². The standard InChI is InChI=1S/C12H12ClN3O3S/c13-7-3-9-11(14-4-7)16(8-1-2-19-5-8)12(15-9)20-6-10(17)18/h3-4,8H,1-2,5-6H2,(H,17,18). The van der Waals surface area contributed by atoms with E-state index in [4.69, 9.17) is 21.4 Å². The van der Waals surface area contributed by atoms with Gasteiger partial charge in [0.15, 0.2) is 10.8 Å². The van der Waals surface area contributed by atoms with Crippen LogP contribution in [0.25, 0.3) is 11.2 Å². The molecule has 1 aliphatic heterocycles. The van der Waals surface area contributed by atoms with Crippen molar-refractivity contribution in [3.8, 4) is 0 Å². The van der Waals surface area contributed by atoms with Gasteiger partial charge < -0.3 is 9.84 Å². The van der Waals surface area contributed by atoms with Crippen LogP contribution in [-0.2, 0) is 9.53 Å². The monoisotopic (exact) mass is 313 g/mol. The lowest BCUT2D eigenvalue weighted by atomic mass is 10.2. The van der Waals surface area contributed by atoms with Gasteiger partial charge in [-0.3, -0.25) is 9.36 Å². The highest BCUT2D eigenvalue weighted by Gasteiger charge is 2.24. The minimum Gasteiger partial charge on any atom is -0.481 e. The van der Waals surface area contributed by atoms with Crippen molar-refractivity contribution in [1.29, 1.82) is 0 Å². The molecule has 106 valence electrons. The predicted octanol–water partition coefficient (Wildman–Crippen LogP) is 2.22. The van der Waals surface area contributed by atoms with E-state index in [0.29, 0.717) is 28.9 Å². The first-order valence-electron chi connectivity index (χ1n) is 6.11. The highest BCUT2D eigenvalue weighted by molar-refractivity contribution is 7.99. The molecule has 6 nitrogen and oxygen atoms in total. The lowest BCUT2D eigenvalue weighted by Crippen LogP contribution is -2.11. The van der Waals surface area contributed by atoms with Crippen molar-refractivity contribution in [2.24, 2.45) is 0 Å². The molecule has 0 bridgehead atoms. The average Bonchev–Trinajstić information content (AvgIpc) is 3.01. The normalized spacial score (nSPS) is 18.8. The molecule has 1 saturated heterocycles. The van der Waals surface area contributed by atoms with E-state index in [1.807, 2.05) is 4.57 Å². The second-order valence-electron chi connectivity index (χ2n) is 4.46. The summed E-state index contributed by atoms with van der Waals surface area (Å²) >= 11 is 7.12. The molecule has 0 aromatic carbocycles. The van der Waals surface area contributed by atoms with E-state index in [1.54, 1.807) is 12.3 Å². The number of thioether (sulfide) groups is 1. The maximum absolute atomic E-state index is 10.8. The van der Waals surface area contributed by atoms with Crippen LogP contribution in [0, 0.1) is 0 Å². The molecular formula is C12H12ClN3O3S. The fraction of sp³-hybridized carbons (Fsp3) is 0.417. The third kappa shape index (κ3) is 2.61. The smallest absolute Gasteiger partial charge is 0.313 e. The molecule has 0 spiro atoms. The minimum atomic E-state index is -0.873. The van der Waals surface area contributed by atoms with Crippen molar-refractivity contribution < 1.29 is 14.6 Å². The lowest BCUT2D eigenvalue weighted by molar-refractivity contribution is -0.133. The van der Waals surface area contributed by atoms with Crippen LogP contribution in [0.15, 0.2) is 17.4 Å². The summed E-state index contributed by atoms with van der Waals surface area (Å²) in [5, 5.41) is 9.99. The molecule has 1 atom stereocenters. The van der Waals surface area contributed by atoms with Gasteiger partial charge in [-0.05, 0) is 12.5 Å². The first-order chi connectivity index (χ1) is 9.65. The van der Waals surface area contributed by atoms with Crippen LogP contribution in [0.1, 0.15) is 12.5 Å². The lowest BCUT2D eigenvalue weighted by Gasteiger charge is -2.13. The Morgan fingerprint density at radius 3 is 3.20 bits per heavy atom. The molecule has 1 N–H and O–H groups in total. The molecule has 1 unspecified atom stereocenters. The number of aliphatic carboxylic acids is 1. The average molecular weight is 314 g/mol. The van der Waals surface area contributed by atoms with Gasteiger partial charge in [0.1, 0.15) is 5.52 Å². The van der Waals surface area contributed by atoms with Crippen molar-refractivity contribution in [1.82, 2.24) is 14.5 Å². The van der Waals surface area contributed by atoms with Crippen molar-refractivity contribution in [2.45, 2.75) is 17.6 Å². The van der Waals surface area contributed by atoms with Gasteiger partial charge in [0.25, 0.3) is 0 Å². The number of fused-ring (bicyclic) bond motifs is 1. The zero-order chi connectivity index (χ0) is 14.1. The second kappa shape index (κ2) is 5.59. The summed E-state index contributed by atoms with van der Waals surface area (Å²) in [6.45, 7) is 1.29. The first-order valence-corrected chi connectivity index (χ1v) is 7.47. The van der Waals surface area contributed by atoms with Gasteiger partial charge in [-0.15, -0.1) is 0 Å². The molecule has 2 aromatic heterocycles. The van der Waals surface area contributed by atoms with Crippen LogP contribution in [0.3, 0.4) is 0 Å². The summed E-state index contributed by atoms with van der Waals surface area (Å²) in [4.78, 5) is 19.5. The highest BCUT2D eigenvalue weighted by atomic mass is 35.5. The maximum Gasteiger partial charge on any atom is 0.313 e. The number of aromatic nitrogens is 3. The third-order valence-corrected chi connectivity index (χ3v) is 4.20. The topological polar surface area (TPSA) is 77.2 Å². The van der Waals surface area contributed by atoms with E-state index in [2.05, 4.69) is 9.97 Å². The number of imidazole rings is 1. The van der Waals surface area contributed by atoms with Gasteiger partial charge >= 0.3 is 5.97 Å². The molecule has 1 aliphatic rings. The number of ether oxygens (including phenoxy) is 1. The van der Waals surface area contributed by atoms with E-state index in [9.17, 15) is 4.79 Å². The van der Waals surface area contributed by atoms with Crippen LogP contribution in [-0.4, -0.2) is 44.6 Å². The van der Waals surface area contributed by atoms with Gasteiger partial charge in [-0.1, -0.05) is 23.4 Å². The van der Waals surface area contributed by atoms with Crippen molar-refractivity contribution in [2.75, 3.05) is 19.0 Å². The summed E-state index contributed by atoms with van der Waals surface area (Å²) in [5.41, 5.74) is 1.40. The maximum atomic E-state index is 10.8. The molecule has 3 rings (SSSR count). The van der Waals surface area contributed by atoms with E-state index in [1.165, 1.54) is 11.8 Å². The van der Waals surface area contributed by atoms with Crippen molar-refractivity contribution >= 4 is 40.5 Å². The first kappa shape index (κ1) is 13.7. The zero-order valence-electron chi connectivity index (χ0n) is 10.5. The molecule has 2 aromatic rings. The Balaban J connectivity index is 2.05. The number of pyridine rings is 1. The summed E-state index contributed by atoms with van der Waals surface area (Å²) in [5.74, 6) is -0.910. The molecule has 1 fully saturated rings. The zero-order valence-corrected chi connectivity index (χ0v) is 12.0. The third-order valence-electron chi connectivity index (χ3n) is 3.06. The molecule has 0 saturated carbocycles. The van der Waals surface area contributed by atoms with Gasteiger partial charge in [-0.2, -0.15) is 0 Å². The molecule has 3 heterocycles. The fourth-order valence-corrected chi connectivity index (χ4v) is 3.16. The predicted molar refractivity (Wildman–Crippen MR) is 75.4 cm³/mol. The summed E-state index contributed by atoms with van der Waals surface area (Å²) in [6, 6.07) is 1.88. The molecule has 20 heavy (non-hydrogen) atoms. The molecule has 0 aliphatic carbocycles. The Morgan fingerprint density at radius 1 is 1.65 bits per heavy atom. The fourth-order valence-electron chi connectivity index (χ4n) is 2.22. The number of carboxylic acid groups (broad SMARTS) is 1. The van der Waals surface area contributed by atoms with Gasteiger partial charge in [0.05, 0.1) is 23.4 Å². The van der Waals surface area contributed by atoms with Gasteiger partial charge in [0.2, 0.25) is 0 Å².